The minimum atomic E-state index is -1.05. The number of ether oxygens (including phenoxy) is 1. The molecule has 0 fully saturated rings. The summed E-state index contributed by atoms with van der Waals surface area (Å²) in [5.41, 5.74) is 7.50. The Morgan fingerprint density at radius 3 is 2.68 bits per heavy atom. The lowest BCUT2D eigenvalue weighted by molar-refractivity contribution is 0.104. The van der Waals surface area contributed by atoms with Crippen molar-refractivity contribution < 1.29 is 9.84 Å². The molecule has 0 spiro atoms. The summed E-state index contributed by atoms with van der Waals surface area (Å²) in [6, 6.07) is 5.68. The van der Waals surface area contributed by atoms with Crippen molar-refractivity contribution in [3.8, 4) is 11.4 Å². The minimum absolute atomic E-state index is 0.390. The van der Waals surface area contributed by atoms with Crippen LogP contribution in [0.4, 0.5) is 5.69 Å². The van der Waals surface area contributed by atoms with Crippen LogP contribution in [0.15, 0.2) is 60.4 Å². The molecule has 1 heterocycles. The van der Waals surface area contributed by atoms with Crippen LogP contribution in [0, 0.1) is 6.92 Å². The quantitative estimate of drug-likeness (QED) is 0.576. The monoisotopic (exact) mass is 383 g/mol. The highest BCUT2D eigenvalue weighted by molar-refractivity contribution is 6.02. The second kappa shape index (κ2) is 9.23. The number of aliphatic imine (C=N–C) groups is 1. The third-order valence-corrected chi connectivity index (χ3v) is 4.61. The van der Waals surface area contributed by atoms with Crippen molar-refractivity contribution in [3.05, 3.63) is 61.1 Å². The maximum absolute atomic E-state index is 10.7. The van der Waals surface area contributed by atoms with Crippen LogP contribution in [0.1, 0.15) is 32.4 Å². The van der Waals surface area contributed by atoms with Crippen LogP contribution in [-0.4, -0.2) is 33.1 Å². The molecule has 1 aromatic carbocycles. The number of imidazole rings is 1. The number of anilines is 1. The number of hydrogen-bond donors (Lipinski definition) is 3. The Kier molecular flexibility index (Phi) is 7.00. The molecule has 0 saturated heterocycles. The van der Waals surface area contributed by atoms with Crippen molar-refractivity contribution >= 4 is 11.4 Å². The average molecular weight is 383 g/mol. The molecule has 0 radical (unpaired) electrons. The number of nitrogens with one attached hydrogen (secondary N) is 1. The smallest absolute Gasteiger partial charge is 0.144 e. The normalized spacial score (nSPS) is 12.4. The van der Waals surface area contributed by atoms with E-state index in [9.17, 15) is 5.11 Å². The maximum Gasteiger partial charge on any atom is 0.144 e. The molecule has 2 aromatic rings. The topological polar surface area (TPSA) is 97.7 Å². The van der Waals surface area contributed by atoms with Gasteiger partial charge in [-0.2, -0.15) is 0 Å². The first-order valence-corrected chi connectivity index (χ1v) is 9.21. The Labute approximate surface area is 166 Å². The third-order valence-electron chi connectivity index (χ3n) is 4.61. The van der Waals surface area contributed by atoms with E-state index in [-0.39, 0.29) is 0 Å². The molecule has 2 rings (SSSR count). The van der Waals surface area contributed by atoms with Gasteiger partial charge in [-0.1, -0.05) is 20.4 Å². The van der Waals surface area contributed by atoms with E-state index in [0.717, 1.165) is 17.1 Å². The SMILES string of the molecule is C=C(N=C(/C=C\N)C(O)(CC)CC)Nc1ccc(-n2cnc(C)c2)c(OC)c1. The van der Waals surface area contributed by atoms with Gasteiger partial charge >= 0.3 is 0 Å². The van der Waals surface area contributed by atoms with Gasteiger partial charge in [-0.25, -0.2) is 9.98 Å². The minimum Gasteiger partial charge on any atom is -0.494 e. The molecule has 0 saturated carbocycles. The molecule has 0 aliphatic rings. The van der Waals surface area contributed by atoms with Gasteiger partial charge in [0.1, 0.15) is 17.2 Å². The van der Waals surface area contributed by atoms with E-state index < -0.39 is 5.60 Å². The number of methoxy groups -OCH3 is 1. The number of nitrogens with two attached hydrogens (primary N) is 1. The number of nitrogens with zero attached hydrogens (tertiary/aromatic N) is 3. The van der Waals surface area contributed by atoms with Crippen molar-refractivity contribution in [2.24, 2.45) is 10.7 Å². The molecule has 0 atom stereocenters. The largest absolute Gasteiger partial charge is 0.494 e. The Hall–Kier alpha value is -3.06. The summed E-state index contributed by atoms with van der Waals surface area (Å²) < 4.78 is 7.42. The number of aliphatic hydroxyl groups is 1. The Balaban J connectivity index is 2.28. The van der Waals surface area contributed by atoms with E-state index in [0.29, 0.717) is 30.1 Å². The molecule has 150 valence electrons. The van der Waals surface area contributed by atoms with E-state index in [1.54, 1.807) is 19.5 Å². The Morgan fingerprint density at radius 2 is 2.14 bits per heavy atom. The van der Waals surface area contributed by atoms with Crippen LogP contribution in [-0.2, 0) is 0 Å². The first-order chi connectivity index (χ1) is 13.4. The molecule has 0 aliphatic heterocycles. The fourth-order valence-corrected chi connectivity index (χ4v) is 2.86. The first kappa shape index (κ1) is 21.2. The number of hydrogen-bond acceptors (Lipinski definition) is 6. The van der Waals surface area contributed by atoms with E-state index >= 15 is 0 Å². The Morgan fingerprint density at radius 1 is 1.43 bits per heavy atom. The van der Waals surface area contributed by atoms with Crippen LogP contribution in [0.25, 0.3) is 5.69 Å². The second-order valence-electron chi connectivity index (χ2n) is 6.48. The van der Waals surface area contributed by atoms with Crippen LogP contribution >= 0.6 is 0 Å². The maximum atomic E-state index is 10.7. The highest BCUT2D eigenvalue weighted by Crippen LogP contribution is 2.28. The van der Waals surface area contributed by atoms with Crippen LogP contribution < -0.4 is 15.8 Å². The second-order valence-corrected chi connectivity index (χ2v) is 6.48. The summed E-state index contributed by atoms with van der Waals surface area (Å²) in [6.07, 6.45) is 7.68. The highest BCUT2D eigenvalue weighted by Gasteiger charge is 2.27. The molecule has 7 heteroatoms. The highest BCUT2D eigenvalue weighted by atomic mass is 16.5. The molecule has 28 heavy (non-hydrogen) atoms. The summed E-state index contributed by atoms with van der Waals surface area (Å²) in [4.78, 5) is 8.70. The summed E-state index contributed by atoms with van der Waals surface area (Å²) in [7, 11) is 1.62. The van der Waals surface area contributed by atoms with Gasteiger partial charge < -0.3 is 25.5 Å². The van der Waals surface area contributed by atoms with Gasteiger partial charge in [0, 0.05) is 18.0 Å². The number of benzene rings is 1. The third kappa shape index (κ3) is 4.80. The zero-order valence-corrected chi connectivity index (χ0v) is 16.9. The standard InChI is InChI=1S/C21H29N5O2/c1-6-21(27,7-2)20(10-11-22)25-16(4)24-17-8-9-18(19(12-17)28-5)26-13-15(3)23-14-26/h8-14,24,27H,4,6-7,22H2,1-3,5H3/b11-10-,25-20?. The van der Waals surface area contributed by atoms with E-state index in [2.05, 4.69) is 21.9 Å². The molecule has 0 amide bonds. The molecule has 0 bridgehead atoms. The van der Waals surface area contributed by atoms with Gasteiger partial charge in [-0.3, -0.25) is 0 Å². The first-order valence-electron chi connectivity index (χ1n) is 9.21. The number of rotatable bonds is 9. The average Bonchev–Trinajstić information content (AvgIpc) is 3.12. The van der Waals surface area contributed by atoms with Gasteiger partial charge in [0.25, 0.3) is 0 Å². The van der Waals surface area contributed by atoms with Gasteiger partial charge in [-0.15, -0.1) is 0 Å². The lowest BCUT2D eigenvalue weighted by Crippen LogP contribution is -2.36. The molecule has 7 nitrogen and oxygen atoms in total. The summed E-state index contributed by atoms with van der Waals surface area (Å²) in [5, 5.41) is 13.9. The van der Waals surface area contributed by atoms with E-state index in [1.807, 2.05) is 49.7 Å². The molecule has 0 unspecified atom stereocenters. The van der Waals surface area contributed by atoms with Crippen molar-refractivity contribution in [3.63, 3.8) is 0 Å². The zero-order chi connectivity index (χ0) is 20.7. The Bertz CT molecular complexity index is 879. The van der Waals surface area contributed by atoms with Crippen molar-refractivity contribution in [2.75, 3.05) is 12.4 Å². The van der Waals surface area contributed by atoms with Gasteiger partial charge in [0.15, 0.2) is 0 Å². The lowest BCUT2D eigenvalue weighted by Gasteiger charge is -2.25. The zero-order valence-electron chi connectivity index (χ0n) is 16.9. The molecular weight excluding hydrogens is 354 g/mol. The summed E-state index contributed by atoms with van der Waals surface area (Å²) >= 11 is 0. The fourth-order valence-electron chi connectivity index (χ4n) is 2.86. The summed E-state index contributed by atoms with van der Waals surface area (Å²) in [5.74, 6) is 1.07. The predicted molar refractivity (Wildman–Crippen MR) is 114 cm³/mol. The van der Waals surface area contributed by atoms with Crippen LogP contribution in [0.5, 0.6) is 5.75 Å². The lowest BCUT2D eigenvalue weighted by atomic mass is 9.91. The van der Waals surface area contributed by atoms with Gasteiger partial charge in [-0.05, 0) is 44.2 Å². The predicted octanol–water partition coefficient (Wildman–Crippen LogP) is 3.54. The van der Waals surface area contributed by atoms with Crippen LogP contribution in [0.2, 0.25) is 0 Å². The van der Waals surface area contributed by atoms with Crippen molar-refractivity contribution in [1.29, 1.82) is 0 Å². The van der Waals surface area contributed by atoms with Gasteiger partial charge in [0.2, 0.25) is 0 Å². The van der Waals surface area contributed by atoms with Gasteiger partial charge in [0.05, 0.1) is 30.5 Å². The molecule has 0 aliphatic carbocycles. The molecule has 4 N–H and O–H groups in total. The van der Waals surface area contributed by atoms with Crippen molar-refractivity contribution in [2.45, 2.75) is 39.2 Å². The van der Waals surface area contributed by atoms with E-state index in [4.69, 9.17) is 10.5 Å². The summed E-state index contributed by atoms with van der Waals surface area (Å²) in [6.45, 7) is 9.69. The van der Waals surface area contributed by atoms with E-state index in [1.165, 1.54) is 6.20 Å². The number of aromatic nitrogens is 2. The molecular formula is C21H29N5O2. The molecule has 1 aromatic heterocycles. The fraction of sp³-hybridized carbons (Fsp3) is 0.333. The van der Waals surface area contributed by atoms with Crippen LogP contribution in [0.3, 0.4) is 0 Å². The number of aryl methyl sites for hydroxylation is 1. The van der Waals surface area contributed by atoms with Crippen molar-refractivity contribution in [1.82, 2.24) is 9.55 Å².